The van der Waals surface area contributed by atoms with Gasteiger partial charge in [0.15, 0.2) is 0 Å². The molecule has 2 aromatic rings. The molecule has 1 N–H and O–H groups in total. The Kier molecular flexibility index (Phi) is 2.39. The maximum Gasteiger partial charge on any atom is 0.270 e. The van der Waals surface area contributed by atoms with Gasteiger partial charge in [-0.25, -0.2) is 0 Å². The minimum atomic E-state index is -0.477. The van der Waals surface area contributed by atoms with Crippen molar-refractivity contribution in [1.82, 2.24) is 0 Å². The minimum absolute atomic E-state index is 0.0194. The van der Waals surface area contributed by atoms with Crippen LogP contribution in [0, 0.1) is 10.1 Å². The lowest BCUT2D eigenvalue weighted by Crippen LogP contribution is -1.88. The van der Waals surface area contributed by atoms with E-state index in [-0.39, 0.29) is 11.4 Å². The molecular weight excluding hydrogens is 214 g/mol. The van der Waals surface area contributed by atoms with Crippen LogP contribution in [-0.2, 0) is 0 Å². The highest BCUT2D eigenvalue weighted by Crippen LogP contribution is 2.33. The zero-order valence-electron chi connectivity index (χ0n) is 7.58. The Balaban J connectivity index is 2.55. The van der Waals surface area contributed by atoms with E-state index in [0.717, 1.165) is 5.56 Å². The van der Waals surface area contributed by atoms with Gasteiger partial charge in [0.05, 0.1) is 4.92 Å². The summed E-state index contributed by atoms with van der Waals surface area (Å²) in [4.78, 5) is 10.1. The monoisotopic (exact) mass is 221 g/mol. The molecule has 0 fully saturated rings. The third-order valence-electron chi connectivity index (χ3n) is 2.02. The maximum absolute atomic E-state index is 10.6. The van der Waals surface area contributed by atoms with Crippen molar-refractivity contribution in [3.8, 4) is 16.9 Å². The average Bonchev–Trinajstić information content (AvgIpc) is 2.71. The Morgan fingerprint density at radius 2 is 2.13 bits per heavy atom. The van der Waals surface area contributed by atoms with E-state index in [1.54, 1.807) is 0 Å². The van der Waals surface area contributed by atoms with Crippen LogP contribution in [0.5, 0.6) is 5.75 Å². The molecule has 15 heavy (non-hydrogen) atoms. The molecule has 0 aliphatic carbocycles. The summed E-state index contributed by atoms with van der Waals surface area (Å²) in [5, 5.41) is 23.8. The van der Waals surface area contributed by atoms with E-state index in [4.69, 9.17) is 0 Å². The average molecular weight is 221 g/mol. The van der Waals surface area contributed by atoms with Gasteiger partial charge in [0.1, 0.15) is 5.75 Å². The van der Waals surface area contributed by atoms with Crippen LogP contribution in [0.15, 0.2) is 35.0 Å². The molecule has 2 rings (SSSR count). The summed E-state index contributed by atoms with van der Waals surface area (Å²) in [6, 6.07) is 5.80. The molecular formula is C10H7NO3S. The molecule has 76 valence electrons. The van der Waals surface area contributed by atoms with E-state index in [0.29, 0.717) is 5.56 Å². The lowest BCUT2D eigenvalue weighted by atomic mass is 10.1. The van der Waals surface area contributed by atoms with Crippen LogP contribution >= 0.6 is 11.3 Å². The first-order chi connectivity index (χ1) is 7.18. The van der Waals surface area contributed by atoms with Gasteiger partial charge in [-0.2, -0.15) is 11.3 Å². The smallest absolute Gasteiger partial charge is 0.270 e. The number of phenols is 1. The number of non-ortho nitro benzene ring substituents is 1. The number of thiophene rings is 1. The van der Waals surface area contributed by atoms with Crippen LogP contribution in [0.1, 0.15) is 0 Å². The van der Waals surface area contributed by atoms with Crippen molar-refractivity contribution in [2.75, 3.05) is 0 Å². The number of hydrogen-bond acceptors (Lipinski definition) is 4. The first-order valence-electron chi connectivity index (χ1n) is 4.18. The van der Waals surface area contributed by atoms with Gasteiger partial charge in [0.2, 0.25) is 0 Å². The van der Waals surface area contributed by atoms with Gasteiger partial charge in [-0.1, -0.05) is 0 Å². The molecule has 0 radical (unpaired) electrons. The maximum atomic E-state index is 10.6. The highest BCUT2D eigenvalue weighted by molar-refractivity contribution is 7.08. The fraction of sp³-hybridized carbons (Fsp3) is 0. The van der Waals surface area contributed by atoms with Crippen LogP contribution in [0.4, 0.5) is 5.69 Å². The van der Waals surface area contributed by atoms with Gasteiger partial charge in [-0.3, -0.25) is 10.1 Å². The Morgan fingerprint density at radius 1 is 1.33 bits per heavy atom. The van der Waals surface area contributed by atoms with Crippen LogP contribution in [0.2, 0.25) is 0 Å². The summed E-state index contributed by atoms with van der Waals surface area (Å²) in [6.45, 7) is 0. The predicted octanol–water partition coefficient (Wildman–Crippen LogP) is 3.03. The number of nitro groups is 1. The van der Waals surface area contributed by atoms with Gasteiger partial charge in [0.25, 0.3) is 5.69 Å². The molecule has 0 aliphatic rings. The molecule has 5 heteroatoms. The van der Waals surface area contributed by atoms with Crippen molar-refractivity contribution in [2.45, 2.75) is 0 Å². The highest BCUT2D eigenvalue weighted by Gasteiger charge is 2.11. The first kappa shape index (κ1) is 9.67. The van der Waals surface area contributed by atoms with Crippen LogP contribution in [-0.4, -0.2) is 10.0 Å². The van der Waals surface area contributed by atoms with E-state index >= 15 is 0 Å². The van der Waals surface area contributed by atoms with Gasteiger partial charge >= 0.3 is 0 Å². The summed E-state index contributed by atoms with van der Waals surface area (Å²) in [6.07, 6.45) is 0. The lowest BCUT2D eigenvalue weighted by Gasteiger charge is -2.01. The summed E-state index contributed by atoms with van der Waals surface area (Å²) in [5.41, 5.74) is 1.26. The van der Waals surface area contributed by atoms with Crippen molar-refractivity contribution in [3.63, 3.8) is 0 Å². The molecule has 0 spiro atoms. The topological polar surface area (TPSA) is 63.4 Å². The van der Waals surface area contributed by atoms with E-state index in [2.05, 4.69) is 0 Å². The summed E-state index contributed by atoms with van der Waals surface area (Å²) >= 11 is 1.48. The van der Waals surface area contributed by atoms with Crippen molar-refractivity contribution >= 4 is 17.0 Å². The number of nitrogens with zero attached hydrogens (tertiary/aromatic N) is 1. The Bertz CT molecular complexity index is 493. The highest BCUT2D eigenvalue weighted by atomic mass is 32.1. The quantitative estimate of drug-likeness (QED) is 0.626. The van der Waals surface area contributed by atoms with Crippen molar-refractivity contribution in [3.05, 3.63) is 45.1 Å². The molecule has 0 atom stereocenters. The second-order valence-corrected chi connectivity index (χ2v) is 3.75. The van der Waals surface area contributed by atoms with Crippen LogP contribution < -0.4 is 0 Å². The second kappa shape index (κ2) is 3.70. The largest absolute Gasteiger partial charge is 0.507 e. The van der Waals surface area contributed by atoms with E-state index in [9.17, 15) is 15.2 Å². The second-order valence-electron chi connectivity index (χ2n) is 2.97. The normalized spacial score (nSPS) is 10.1. The number of nitro benzene ring substituents is 1. The number of rotatable bonds is 2. The zero-order chi connectivity index (χ0) is 10.8. The fourth-order valence-corrected chi connectivity index (χ4v) is 1.94. The third-order valence-corrected chi connectivity index (χ3v) is 2.71. The first-order valence-corrected chi connectivity index (χ1v) is 5.13. The van der Waals surface area contributed by atoms with Gasteiger partial charge in [-0.15, -0.1) is 0 Å². The Morgan fingerprint density at radius 3 is 2.73 bits per heavy atom. The molecule has 0 bridgehead atoms. The molecule has 4 nitrogen and oxygen atoms in total. The fourth-order valence-electron chi connectivity index (χ4n) is 1.29. The Labute approximate surface area is 89.6 Å². The lowest BCUT2D eigenvalue weighted by molar-refractivity contribution is -0.384. The predicted molar refractivity (Wildman–Crippen MR) is 58.1 cm³/mol. The van der Waals surface area contributed by atoms with Gasteiger partial charge in [0, 0.05) is 17.7 Å². The number of hydrogen-bond donors (Lipinski definition) is 1. The molecule has 0 saturated heterocycles. The SMILES string of the molecule is O=[N+]([O-])c1ccc(O)c(-c2ccsc2)c1. The summed E-state index contributed by atoms with van der Waals surface area (Å²) in [5.74, 6) is 0.0546. The number of benzene rings is 1. The molecule has 0 aliphatic heterocycles. The van der Waals surface area contributed by atoms with E-state index in [1.807, 2.05) is 16.8 Å². The molecule has 1 heterocycles. The van der Waals surface area contributed by atoms with Crippen LogP contribution in [0.3, 0.4) is 0 Å². The van der Waals surface area contributed by atoms with Gasteiger partial charge in [-0.05, 0) is 28.5 Å². The minimum Gasteiger partial charge on any atom is -0.507 e. The molecule has 0 saturated carbocycles. The van der Waals surface area contributed by atoms with E-state index in [1.165, 1.54) is 29.5 Å². The Hall–Kier alpha value is -1.88. The van der Waals surface area contributed by atoms with Crippen molar-refractivity contribution in [2.24, 2.45) is 0 Å². The van der Waals surface area contributed by atoms with Crippen LogP contribution in [0.25, 0.3) is 11.1 Å². The van der Waals surface area contributed by atoms with Crippen molar-refractivity contribution in [1.29, 1.82) is 0 Å². The molecule has 1 aromatic carbocycles. The summed E-state index contributed by atoms with van der Waals surface area (Å²) in [7, 11) is 0. The number of phenolic OH excluding ortho intramolecular Hbond substituents is 1. The third kappa shape index (κ3) is 1.82. The molecule has 0 amide bonds. The van der Waals surface area contributed by atoms with Crippen molar-refractivity contribution < 1.29 is 10.0 Å². The van der Waals surface area contributed by atoms with Gasteiger partial charge < -0.3 is 5.11 Å². The number of aromatic hydroxyl groups is 1. The molecule has 0 unspecified atom stereocenters. The van der Waals surface area contributed by atoms with E-state index < -0.39 is 4.92 Å². The summed E-state index contributed by atoms with van der Waals surface area (Å²) < 4.78 is 0. The zero-order valence-corrected chi connectivity index (χ0v) is 8.40. The molecule has 1 aromatic heterocycles. The standard InChI is InChI=1S/C10H7NO3S/c12-10-2-1-8(11(13)14)5-9(10)7-3-4-15-6-7/h1-6,12H.